The molecule has 0 fully saturated rings. The van der Waals surface area contributed by atoms with Gasteiger partial charge < -0.3 is 11.1 Å². The Balaban J connectivity index is 2.14. The predicted octanol–water partition coefficient (Wildman–Crippen LogP) is 1.33. The summed E-state index contributed by atoms with van der Waals surface area (Å²) in [4.78, 5) is 19.3. The van der Waals surface area contributed by atoms with Crippen LogP contribution in [0.3, 0.4) is 0 Å². The van der Waals surface area contributed by atoms with Crippen molar-refractivity contribution in [1.29, 1.82) is 0 Å². The molecule has 0 saturated carbocycles. The fourth-order valence-electron chi connectivity index (χ4n) is 1.34. The molecule has 0 aromatic carbocycles. The highest BCUT2D eigenvalue weighted by Crippen LogP contribution is 2.12. The third-order valence-corrected chi connectivity index (χ3v) is 2.31. The lowest BCUT2D eigenvalue weighted by Gasteiger charge is -2.05. The quantitative estimate of drug-likeness (QED) is 0.856. The zero-order valence-electron chi connectivity index (χ0n) is 9.43. The van der Waals surface area contributed by atoms with E-state index in [-0.39, 0.29) is 11.4 Å². The van der Waals surface area contributed by atoms with E-state index in [0.29, 0.717) is 6.54 Å². The molecule has 5 nitrogen and oxygen atoms in total. The number of hydrogen-bond donors (Lipinski definition) is 2. The minimum Gasteiger partial charge on any atom is -0.326 e. The van der Waals surface area contributed by atoms with Crippen molar-refractivity contribution in [3.8, 4) is 0 Å². The third kappa shape index (κ3) is 2.67. The molecule has 0 spiro atoms. The number of halogens is 1. The first-order valence-electron chi connectivity index (χ1n) is 5.26. The molecule has 18 heavy (non-hydrogen) atoms. The molecule has 2 aromatic rings. The van der Waals surface area contributed by atoms with Crippen LogP contribution in [0.1, 0.15) is 16.1 Å². The van der Waals surface area contributed by atoms with E-state index < -0.39 is 11.7 Å². The van der Waals surface area contributed by atoms with Gasteiger partial charge in [-0.25, -0.2) is 4.39 Å². The summed E-state index contributed by atoms with van der Waals surface area (Å²) in [6.07, 6.45) is 3.93. The van der Waals surface area contributed by atoms with Gasteiger partial charge in [0.05, 0.1) is 11.9 Å². The van der Waals surface area contributed by atoms with Gasteiger partial charge in [-0.05, 0) is 17.7 Å². The number of nitrogens with one attached hydrogen (secondary N) is 1. The molecule has 0 atom stereocenters. The highest BCUT2D eigenvalue weighted by Gasteiger charge is 2.10. The number of nitrogens with zero attached hydrogens (tertiary/aromatic N) is 2. The fourth-order valence-corrected chi connectivity index (χ4v) is 1.34. The Morgan fingerprint density at radius 2 is 2.17 bits per heavy atom. The Hall–Kier alpha value is -2.34. The average molecular weight is 246 g/mol. The highest BCUT2D eigenvalue weighted by atomic mass is 19.1. The van der Waals surface area contributed by atoms with Crippen molar-refractivity contribution in [1.82, 2.24) is 9.97 Å². The number of carbonyl (C=O) groups excluding carboxylic acids is 1. The van der Waals surface area contributed by atoms with Crippen LogP contribution in [-0.2, 0) is 6.54 Å². The van der Waals surface area contributed by atoms with Crippen molar-refractivity contribution >= 4 is 11.6 Å². The molecule has 0 radical (unpaired) electrons. The van der Waals surface area contributed by atoms with Crippen molar-refractivity contribution in [2.75, 3.05) is 5.32 Å². The molecule has 0 bridgehead atoms. The van der Waals surface area contributed by atoms with Gasteiger partial charge in [0.15, 0.2) is 5.82 Å². The van der Waals surface area contributed by atoms with Gasteiger partial charge in [-0.15, -0.1) is 0 Å². The van der Waals surface area contributed by atoms with Crippen molar-refractivity contribution in [3.63, 3.8) is 0 Å². The molecule has 0 aliphatic carbocycles. The maximum atomic E-state index is 13.3. The summed E-state index contributed by atoms with van der Waals surface area (Å²) in [5, 5.41) is 2.42. The minimum absolute atomic E-state index is 0.0692. The van der Waals surface area contributed by atoms with Crippen LogP contribution >= 0.6 is 0 Å². The van der Waals surface area contributed by atoms with E-state index in [2.05, 4.69) is 15.3 Å². The van der Waals surface area contributed by atoms with Crippen LogP contribution in [0, 0.1) is 5.82 Å². The van der Waals surface area contributed by atoms with Gasteiger partial charge >= 0.3 is 0 Å². The van der Waals surface area contributed by atoms with Gasteiger partial charge in [-0.2, -0.15) is 0 Å². The van der Waals surface area contributed by atoms with Gasteiger partial charge in [0, 0.05) is 18.9 Å². The van der Waals surface area contributed by atoms with Crippen molar-refractivity contribution < 1.29 is 9.18 Å². The van der Waals surface area contributed by atoms with Gasteiger partial charge in [-0.1, -0.05) is 6.07 Å². The molecule has 2 aromatic heterocycles. The Kier molecular flexibility index (Phi) is 3.59. The second-order valence-electron chi connectivity index (χ2n) is 3.57. The van der Waals surface area contributed by atoms with Gasteiger partial charge in [0.1, 0.15) is 5.69 Å². The Labute approximate surface area is 103 Å². The summed E-state index contributed by atoms with van der Waals surface area (Å²) in [7, 11) is 0. The second kappa shape index (κ2) is 5.33. The highest BCUT2D eigenvalue weighted by molar-refractivity contribution is 6.02. The van der Waals surface area contributed by atoms with Crippen LogP contribution in [0.4, 0.5) is 10.1 Å². The normalized spacial score (nSPS) is 10.1. The third-order valence-electron chi connectivity index (χ3n) is 2.31. The van der Waals surface area contributed by atoms with Crippen LogP contribution in [0.25, 0.3) is 0 Å². The van der Waals surface area contributed by atoms with Crippen LogP contribution in [0.5, 0.6) is 0 Å². The maximum Gasteiger partial charge on any atom is 0.274 e. The summed E-state index contributed by atoms with van der Waals surface area (Å²) in [5.41, 5.74) is 6.51. The van der Waals surface area contributed by atoms with E-state index in [1.807, 2.05) is 0 Å². The lowest BCUT2D eigenvalue weighted by Crippen LogP contribution is -2.15. The molecule has 2 rings (SSSR count). The number of amides is 1. The van der Waals surface area contributed by atoms with Gasteiger partial charge in [-0.3, -0.25) is 14.8 Å². The number of pyridine rings is 2. The maximum absolute atomic E-state index is 13.3. The lowest BCUT2D eigenvalue weighted by atomic mass is 10.2. The molecule has 1 amide bonds. The summed E-state index contributed by atoms with van der Waals surface area (Å²) >= 11 is 0. The molecular weight excluding hydrogens is 235 g/mol. The van der Waals surface area contributed by atoms with E-state index in [4.69, 9.17) is 5.73 Å². The second-order valence-corrected chi connectivity index (χ2v) is 3.57. The average Bonchev–Trinajstić information content (AvgIpc) is 2.41. The van der Waals surface area contributed by atoms with E-state index in [0.717, 1.165) is 11.8 Å². The number of rotatable bonds is 3. The molecule has 0 unspecified atom stereocenters. The van der Waals surface area contributed by atoms with Crippen molar-refractivity contribution in [2.24, 2.45) is 5.73 Å². The summed E-state index contributed by atoms with van der Waals surface area (Å²) in [6, 6.07) is 4.61. The standard InChI is InChI=1S/C12H11FN4O/c13-9-7-15-4-3-10(9)17-12(18)11-2-1-8(5-14)6-16-11/h1-4,6-7H,5,14H2,(H,15,17,18). The Bertz CT molecular complexity index is 556. The first kappa shape index (κ1) is 12.1. The first-order chi connectivity index (χ1) is 8.70. The smallest absolute Gasteiger partial charge is 0.274 e. The zero-order valence-corrected chi connectivity index (χ0v) is 9.43. The Morgan fingerprint density at radius 1 is 1.33 bits per heavy atom. The number of anilines is 1. The molecule has 3 N–H and O–H groups in total. The summed E-state index contributed by atoms with van der Waals surface area (Å²) in [6.45, 7) is 0.355. The Morgan fingerprint density at radius 3 is 2.78 bits per heavy atom. The lowest BCUT2D eigenvalue weighted by molar-refractivity contribution is 0.102. The molecule has 2 heterocycles. The number of nitrogens with two attached hydrogens (primary N) is 1. The molecule has 0 saturated heterocycles. The molecule has 92 valence electrons. The van der Waals surface area contributed by atoms with Gasteiger partial charge in [0.25, 0.3) is 5.91 Å². The summed E-state index contributed by atoms with van der Waals surface area (Å²) in [5.74, 6) is -1.08. The fraction of sp³-hybridized carbons (Fsp3) is 0.0833. The van der Waals surface area contributed by atoms with E-state index in [1.54, 1.807) is 6.07 Å². The van der Waals surface area contributed by atoms with Crippen LogP contribution in [0.15, 0.2) is 36.8 Å². The number of aromatic nitrogens is 2. The van der Waals surface area contributed by atoms with Crippen LogP contribution in [0.2, 0.25) is 0 Å². The van der Waals surface area contributed by atoms with E-state index in [1.165, 1.54) is 24.5 Å². The first-order valence-corrected chi connectivity index (χ1v) is 5.26. The molecule has 0 aliphatic heterocycles. The van der Waals surface area contributed by atoms with Crippen molar-refractivity contribution in [3.05, 3.63) is 53.9 Å². The van der Waals surface area contributed by atoms with Crippen molar-refractivity contribution in [2.45, 2.75) is 6.54 Å². The molecule has 6 heteroatoms. The van der Waals surface area contributed by atoms with E-state index >= 15 is 0 Å². The van der Waals surface area contributed by atoms with Crippen LogP contribution in [-0.4, -0.2) is 15.9 Å². The largest absolute Gasteiger partial charge is 0.326 e. The topological polar surface area (TPSA) is 80.9 Å². The van der Waals surface area contributed by atoms with E-state index in [9.17, 15) is 9.18 Å². The molecular formula is C12H11FN4O. The minimum atomic E-state index is -0.593. The zero-order chi connectivity index (χ0) is 13.0. The number of carbonyl (C=O) groups is 1. The SMILES string of the molecule is NCc1ccc(C(=O)Nc2ccncc2F)nc1. The van der Waals surface area contributed by atoms with Gasteiger partial charge in [0.2, 0.25) is 0 Å². The summed E-state index contributed by atoms with van der Waals surface area (Å²) < 4.78 is 13.3. The number of hydrogen-bond acceptors (Lipinski definition) is 4. The molecule has 0 aliphatic rings. The predicted molar refractivity (Wildman–Crippen MR) is 64.3 cm³/mol. The monoisotopic (exact) mass is 246 g/mol. The van der Waals surface area contributed by atoms with Crippen LogP contribution < -0.4 is 11.1 Å².